The Morgan fingerprint density at radius 2 is 1.70 bits per heavy atom. The Labute approximate surface area is 118 Å². The number of hydrogen-bond acceptors (Lipinski definition) is 5. The summed E-state index contributed by atoms with van der Waals surface area (Å²) in [4.78, 5) is 9.06. The molecular formula is C15H19N3O2. The van der Waals surface area contributed by atoms with Gasteiger partial charge in [-0.2, -0.15) is 0 Å². The van der Waals surface area contributed by atoms with E-state index in [4.69, 9.17) is 9.47 Å². The summed E-state index contributed by atoms with van der Waals surface area (Å²) in [5.74, 6) is 2.18. The number of benzene rings is 1. The highest BCUT2D eigenvalue weighted by Crippen LogP contribution is 2.31. The van der Waals surface area contributed by atoms with E-state index in [1.807, 2.05) is 12.1 Å². The first-order valence-corrected chi connectivity index (χ1v) is 6.95. The highest BCUT2D eigenvalue weighted by Gasteiger charge is 2.15. The third-order valence-corrected chi connectivity index (χ3v) is 3.75. The predicted molar refractivity (Wildman–Crippen MR) is 78.5 cm³/mol. The molecule has 0 spiro atoms. The molecule has 1 N–H and O–H groups in total. The van der Waals surface area contributed by atoms with Gasteiger partial charge in [0.2, 0.25) is 0 Å². The summed E-state index contributed by atoms with van der Waals surface area (Å²) in [5, 5.41) is 3.45. The van der Waals surface area contributed by atoms with Crippen molar-refractivity contribution >= 4 is 16.9 Å². The molecule has 1 fully saturated rings. The van der Waals surface area contributed by atoms with Gasteiger partial charge in [0, 0.05) is 18.2 Å². The number of aromatic nitrogens is 2. The van der Waals surface area contributed by atoms with E-state index in [0.717, 1.165) is 16.9 Å². The average molecular weight is 273 g/mol. The molecule has 5 heteroatoms. The first-order chi connectivity index (χ1) is 9.80. The number of rotatable bonds is 4. The number of anilines is 1. The smallest absolute Gasteiger partial charge is 0.163 e. The highest BCUT2D eigenvalue weighted by molar-refractivity contribution is 5.80. The topological polar surface area (TPSA) is 56.3 Å². The van der Waals surface area contributed by atoms with Crippen molar-refractivity contribution < 1.29 is 9.47 Å². The van der Waals surface area contributed by atoms with E-state index in [1.54, 1.807) is 20.4 Å². The molecule has 2 aromatic rings. The fourth-order valence-electron chi connectivity index (χ4n) is 2.69. The summed E-state index contributed by atoms with van der Waals surface area (Å²) in [6, 6.07) is 4.24. The zero-order chi connectivity index (χ0) is 13.9. The second kappa shape index (κ2) is 5.53. The first kappa shape index (κ1) is 13.0. The van der Waals surface area contributed by atoms with Gasteiger partial charge in [0.05, 0.1) is 31.4 Å². The second-order valence-electron chi connectivity index (χ2n) is 5.08. The van der Waals surface area contributed by atoms with Crippen molar-refractivity contribution in [3.63, 3.8) is 0 Å². The molecule has 1 aromatic heterocycles. The summed E-state index contributed by atoms with van der Waals surface area (Å²) < 4.78 is 10.6. The standard InChI is InChI=1S/C15H19N3O2/c1-19-13-7-11-12(8-14(13)20-2)18-15(9-16-11)17-10-5-3-4-6-10/h7-10H,3-6H2,1-2H3,(H,17,18). The average Bonchev–Trinajstić information content (AvgIpc) is 2.98. The van der Waals surface area contributed by atoms with Gasteiger partial charge in [0.1, 0.15) is 5.82 Å². The maximum absolute atomic E-state index is 5.30. The van der Waals surface area contributed by atoms with Crippen molar-refractivity contribution in [3.8, 4) is 11.5 Å². The molecule has 1 aliphatic carbocycles. The third kappa shape index (κ3) is 2.48. The van der Waals surface area contributed by atoms with E-state index in [0.29, 0.717) is 17.5 Å². The number of nitrogens with zero attached hydrogens (tertiary/aromatic N) is 2. The van der Waals surface area contributed by atoms with Crippen LogP contribution in [0.2, 0.25) is 0 Å². The van der Waals surface area contributed by atoms with Crippen molar-refractivity contribution in [1.82, 2.24) is 9.97 Å². The van der Waals surface area contributed by atoms with Crippen molar-refractivity contribution in [2.24, 2.45) is 0 Å². The molecule has 5 nitrogen and oxygen atoms in total. The maximum atomic E-state index is 5.30. The van der Waals surface area contributed by atoms with Gasteiger partial charge in [-0.25, -0.2) is 4.98 Å². The zero-order valence-corrected chi connectivity index (χ0v) is 11.8. The van der Waals surface area contributed by atoms with Gasteiger partial charge in [-0.15, -0.1) is 0 Å². The second-order valence-corrected chi connectivity index (χ2v) is 5.08. The molecule has 0 aliphatic heterocycles. The van der Waals surface area contributed by atoms with Gasteiger partial charge < -0.3 is 14.8 Å². The van der Waals surface area contributed by atoms with Crippen molar-refractivity contribution in [1.29, 1.82) is 0 Å². The number of nitrogens with one attached hydrogen (secondary N) is 1. The summed E-state index contributed by atoms with van der Waals surface area (Å²) in [7, 11) is 3.24. The Morgan fingerprint density at radius 3 is 2.35 bits per heavy atom. The minimum atomic E-state index is 0.530. The van der Waals surface area contributed by atoms with Gasteiger partial charge in [-0.3, -0.25) is 4.98 Å². The van der Waals surface area contributed by atoms with Crippen LogP contribution in [-0.4, -0.2) is 30.2 Å². The summed E-state index contributed by atoms with van der Waals surface area (Å²) in [6.45, 7) is 0. The maximum Gasteiger partial charge on any atom is 0.163 e. The van der Waals surface area contributed by atoms with E-state index < -0.39 is 0 Å². The van der Waals surface area contributed by atoms with Crippen LogP contribution in [0.25, 0.3) is 11.0 Å². The van der Waals surface area contributed by atoms with Crippen LogP contribution in [0.5, 0.6) is 11.5 Å². The molecule has 106 valence electrons. The number of methoxy groups -OCH3 is 2. The van der Waals surface area contributed by atoms with E-state index >= 15 is 0 Å². The fourth-order valence-corrected chi connectivity index (χ4v) is 2.69. The normalized spacial score (nSPS) is 15.5. The van der Waals surface area contributed by atoms with E-state index in [2.05, 4.69) is 15.3 Å². The Bertz CT molecular complexity index is 609. The molecule has 1 saturated carbocycles. The Hall–Kier alpha value is -2.04. The number of fused-ring (bicyclic) bond motifs is 1. The quantitative estimate of drug-likeness (QED) is 0.928. The van der Waals surface area contributed by atoms with Crippen LogP contribution in [0.4, 0.5) is 5.82 Å². The van der Waals surface area contributed by atoms with Gasteiger partial charge in [0.25, 0.3) is 0 Å². The lowest BCUT2D eigenvalue weighted by molar-refractivity contribution is 0.355. The minimum Gasteiger partial charge on any atom is -0.493 e. The third-order valence-electron chi connectivity index (χ3n) is 3.75. The van der Waals surface area contributed by atoms with E-state index in [1.165, 1.54) is 25.7 Å². The van der Waals surface area contributed by atoms with Crippen LogP contribution in [0.3, 0.4) is 0 Å². The molecule has 0 atom stereocenters. The van der Waals surface area contributed by atoms with Crippen LogP contribution < -0.4 is 14.8 Å². The molecule has 1 heterocycles. The van der Waals surface area contributed by atoms with Crippen LogP contribution in [-0.2, 0) is 0 Å². The molecule has 1 aliphatic rings. The molecule has 0 bridgehead atoms. The summed E-state index contributed by atoms with van der Waals surface area (Å²) in [5.41, 5.74) is 1.62. The van der Waals surface area contributed by atoms with Crippen LogP contribution >= 0.6 is 0 Å². The lowest BCUT2D eigenvalue weighted by atomic mass is 10.2. The molecule has 0 unspecified atom stereocenters. The van der Waals surface area contributed by atoms with Crippen LogP contribution in [0, 0.1) is 0 Å². The molecule has 20 heavy (non-hydrogen) atoms. The summed E-state index contributed by atoms with van der Waals surface area (Å²) >= 11 is 0. The van der Waals surface area contributed by atoms with Gasteiger partial charge in [-0.1, -0.05) is 12.8 Å². The van der Waals surface area contributed by atoms with Crippen LogP contribution in [0.1, 0.15) is 25.7 Å². The largest absolute Gasteiger partial charge is 0.493 e. The van der Waals surface area contributed by atoms with E-state index in [9.17, 15) is 0 Å². The molecule has 3 rings (SSSR count). The fraction of sp³-hybridized carbons (Fsp3) is 0.467. The Balaban J connectivity index is 1.93. The SMILES string of the molecule is COc1cc2ncc(NC3CCCC3)nc2cc1OC. The Kier molecular flexibility index (Phi) is 3.58. The number of ether oxygens (including phenoxy) is 2. The zero-order valence-electron chi connectivity index (χ0n) is 11.8. The van der Waals surface area contributed by atoms with Crippen molar-refractivity contribution in [2.45, 2.75) is 31.7 Å². The van der Waals surface area contributed by atoms with Crippen LogP contribution in [0.15, 0.2) is 18.3 Å². The Morgan fingerprint density at radius 1 is 1.05 bits per heavy atom. The summed E-state index contributed by atoms with van der Waals surface area (Å²) in [6.07, 6.45) is 6.80. The number of hydrogen-bond donors (Lipinski definition) is 1. The highest BCUT2D eigenvalue weighted by atomic mass is 16.5. The molecule has 0 saturated heterocycles. The lowest BCUT2D eigenvalue weighted by Crippen LogP contribution is -2.15. The van der Waals surface area contributed by atoms with E-state index in [-0.39, 0.29) is 0 Å². The van der Waals surface area contributed by atoms with Crippen molar-refractivity contribution in [2.75, 3.05) is 19.5 Å². The molecule has 0 amide bonds. The molecule has 0 radical (unpaired) electrons. The monoisotopic (exact) mass is 273 g/mol. The minimum absolute atomic E-state index is 0.530. The molecular weight excluding hydrogens is 254 g/mol. The van der Waals surface area contributed by atoms with Gasteiger partial charge in [-0.05, 0) is 12.8 Å². The first-order valence-electron chi connectivity index (χ1n) is 6.95. The van der Waals surface area contributed by atoms with Gasteiger partial charge in [0.15, 0.2) is 11.5 Å². The van der Waals surface area contributed by atoms with Crippen molar-refractivity contribution in [3.05, 3.63) is 18.3 Å². The molecule has 1 aromatic carbocycles. The lowest BCUT2D eigenvalue weighted by Gasteiger charge is -2.13. The van der Waals surface area contributed by atoms with Gasteiger partial charge >= 0.3 is 0 Å². The predicted octanol–water partition coefficient (Wildman–Crippen LogP) is 3.00.